The van der Waals surface area contributed by atoms with Crippen LogP contribution in [0.4, 0.5) is 0 Å². The van der Waals surface area contributed by atoms with Crippen molar-refractivity contribution in [3.05, 3.63) is 0 Å². The highest BCUT2D eigenvalue weighted by Gasteiger charge is 2.32. The summed E-state index contributed by atoms with van der Waals surface area (Å²) >= 11 is 0. The van der Waals surface area contributed by atoms with Crippen LogP contribution in [0.15, 0.2) is 0 Å². The predicted molar refractivity (Wildman–Crippen MR) is 64.9 cm³/mol. The summed E-state index contributed by atoms with van der Waals surface area (Å²) in [5, 5.41) is 9.74. The molecule has 0 aromatic heterocycles. The lowest BCUT2D eigenvalue weighted by Crippen LogP contribution is -2.49. The van der Waals surface area contributed by atoms with Gasteiger partial charge in [-0.05, 0) is 39.2 Å². The van der Waals surface area contributed by atoms with Gasteiger partial charge in [-0.1, -0.05) is 20.8 Å². The van der Waals surface area contributed by atoms with E-state index in [2.05, 4.69) is 32.6 Å². The quantitative estimate of drug-likeness (QED) is 0.778. The second kappa shape index (κ2) is 4.84. The summed E-state index contributed by atoms with van der Waals surface area (Å²) in [6.07, 6.45) is 2.43. The first-order valence-corrected chi connectivity index (χ1v) is 6.26. The maximum absolute atomic E-state index is 9.74. The molecule has 1 fully saturated rings. The zero-order valence-electron chi connectivity index (χ0n) is 11.0. The molecular weight excluding hydrogens is 186 g/mol. The fourth-order valence-corrected chi connectivity index (χ4v) is 2.30. The molecule has 2 nitrogen and oxygen atoms in total. The largest absolute Gasteiger partial charge is 0.393 e. The lowest BCUT2D eigenvalue weighted by Gasteiger charge is -2.43. The van der Waals surface area contributed by atoms with Crippen molar-refractivity contribution in [2.24, 2.45) is 11.3 Å². The minimum absolute atomic E-state index is 0.00528. The van der Waals surface area contributed by atoms with E-state index in [0.29, 0.717) is 6.04 Å². The maximum atomic E-state index is 9.74. The van der Waals surface area contributed by atoms with Crippen LogP contribution < -0.4 is 0 Å². The first-order valence-electron chi connectivity index (χ1n) is 6.26. The summed E-state index contributed by atoms with van der Waals surface area (Å²) < 4.78 is 0. The van der Waals surface area contributed by atoms with Crippen LogP contribution in [-0.4, -0.2) is 35.2 Å². The van der Waals surface area contributed by atoms with Crippen LogP contribution >= 0.6 is 0 Å². The fourth-order valence-electron chi connectivity index (χ4n) is 2.30. The molecule has 1 aliphatic rings. The molecule has 90 valence electrons. The zero-order valence-corrected chi connectivity index (χ0v) is 11.0. The van der Waals surface area contributed by atoms with E-state index >= 15 is 0 Å². The lowest BCUT2D eigenvalue weighted by atomic mass is 9.84. The lowest BCUT2D eigenvalue weighted by molar-refractivity contribution is 0.00468. The van der Waals surface area contributed by atoms with Crippen LogP contribution in [0.25, 0.3) is 0 Å². The van der Waals surface area contributed by atoms with Gasteiger partial charge in [0.2, 0.25) is 0 Å². The molecule has 3 atom stereocenters. The van der Waals surface area contributed by atoms with Crippen LogP contribution in [0.2, 0.25) is 0 Å². The molecule has 0 spiro atoms. The van der Waals surface area contributed by atoms with E-state index in [4.69, 9.17) is 0 Å². The Hall–Kier alpha value is -0.0800. The Morgan fingerprint density at radius 3 is 2.53 bits per heavy atom. The highest BCUT2D eigenvalue weighted by Crippen LogP contribution is 2.28. The molecule has 0 saturated carbocycles. The molecule has 1 N–H and O–H groups in total. The first kappa shape index (κ1) is 13.0. The van der Waals surface area contributed by atoms with Crippen molar-refractivity contribution in [2.75, 3.05) is 13.1 Å². The van der Waals surface area contributed by atoms with Crippen molar-refractivity contribution in [3.8, 4) is 0 Å². The average Bonchev–Trinajstić information content (AvgIpc) is 2.12. The van der Waals surface area contributed by atoms with Gasteiger partial charge in [0.1, 0.15) is 0 Å². The van der Waals surface area contributed by atoms with Gasteiger partial charge in [0, 0.05) is 18.0 Å². The van der Waals surface area contributed by atoms with E-state index in [1.54, 1.807) is 0 Å². The van der Waals surface area contributed by atoms with Crippen molar-refractivity contribution < 1.29 is 5.11 Å². The van der Waals surface area contributed by atoms with E-state index in [-0.39, 0.29) is 11.5 Å². The molecule has 1 rings (SSSR count). The molecule has 1 heterocycles. The van der Waals surface area contributed by atoms with E-state index in [1.165, 1.54) is 19.4 Å². The number of rotatable bonds is 3. The van der Waals surface area contributed by atoms with E-state index < -0.39 is 0 Å². The summed E-state index contributed by atoms with van der Waals surface area (Å²) in [6.45, 7) is 13.1. The molecule has 1 aliphatic heterocycles. The summed E-state index contributed by atoms with van der Waals surface area (Å²) in [4.78, 5) is 2.54. The normalized spacial score (nSPS) is 31.6. The van der Waals surface area contributed by atoms with Crippen molar-refractivity contribution in [1.29, 1.82) is 0 Å². The van der Waals surface area contributed by atoms with Crippen molar-refractivity contribution in [2.45, 2.75) is 59.6 Å². The van der Waals surface area contributed by atoms with Crippen LogP contribution in [0, 0.1) is 11.3 Å². The van der Waals surface area contributed by atoms with Gasteiger partial charge in [-0.2, -0.15) is 0 Å². The number of nitrogens with zero attached hydrogens (tertiary/aromatic N) is 1. The predicted octanol–water partition coefficient (Wildman–Crippen LogP) is 2.51. The van der Waals surface area contributed by atoms with E-state index in [1.807, 2.05) is 6.92 Å². The van der Waals surface area contributed by atoms with E-state index in [9.17, 15) is 5.11 Å². The van der Waals surface area contributed by atoms with Crippen LogP contribution in [-0.2, 0) is 0 Å². The Balaban J connectivity index is 2.57. The molecule has 1 saturated heterocycles. The summed E-state index contributed by atoms with van der Waals surface area (Å²) in [6, 6.07) is 0.664. The van der Waals surface area contributed by atoms with E-state index in [0.717, 1.165) is 12.5 Å². The topological polar surface area (TPSA) is 23.5 Å². The number of aliphatic hydroxyl groups is 1. The van der Waals surface area contributed by atoms with Crippen LogP contribution in [0.5, 0.6) is 0 Å². The minimum Gasteiger partial charge on any atom is -0.393 e. The Labute approximate surface area is 94.7 Å². The summed E-state index contributed by atoms with van der Waals surface area (Å²) in [5.74, 6) is 0.795. The Morgan fingerprint density at radius 1 is 1.40 bits per heavy atom. The fraction of sp³-hybridized carbons (Fsp3) is 1.00. The number of piperidine rings is 1. The molecule has 0 amide bonds. The second-order valence-corrected chi connectivity index (χ2v) is 6.00. The summed E-state index contributed by atoms with van der Waals surface area (Å²) in [7, 11) is 0. The second-order valence-electron chi connectivity index (χ2n) is 6.00. The number of hydrogen-bond acceptors (Lipinski definition) is 2. The Morgan fingerprint density at radius 2 is 2.00 bits per heavy atom. The van der Waals surface area contributed by atoms with Gasteiger partial charge in [0.05, 0.1) is 6.10 Å². The molecule has 0 aliphatic carbocycles. The van der Waals surface area contributed by atoms with Gasteiger partial charge in [0.25, 0.3) is 0 Å². The number of aliphatic hydroxyl groups excluding tert-OH is 1. The standard InChI is InChI=1S/C13H27NO/c1-10-7-6-8-14(11(10)2)9-13(4,5)12(3)15/h10-12,15H,6-9H2,1-5H3. The first-order chi connectivity index (χ1) is 6.84. The molecule has 0 aromatic rings. The SMILES string of the molecule is CC1CCCN(CC(C)(C)C(C)O)C1C. The van der Waals surface area contributed by atoms with Gasteiger partial charge < -0.3 is 5.11 Å². The monoisotopic (exact) mass is 213 g/mol. The molecule has 2 heteroatoms. The van der Waals surface area contributed by atoms with Crippen molar-refractivity contribution in [1.82, 2.24) is 4.90 Å². The number of hydrogen-bond donors (Lipinski definition) is 1. The van der Waals surface area contributed by atoms with Crippen LogP contribution in [0.3, 0.4) is 0 Å². The van der Waals surface area contributed by atoms with Gasteiger partial charge in [-0.3, -0.25) is 4.90 Å². The minimum atomic E-state index is -0.234. The molecule has 0 aromatic carbocycles. The third kappa shape index (κ3) is 3.18. The third-order valence-corrected chi connectivity index (χ3v) is 4.25. The molecule has 3 unspecified atom stereocenters. The van der Waals surface area contributed by atoms with Gasteiger partial charge in [-0.15, -0.1) is 0 Å². The zero-order chi connectivity index (χ0) is 11.6. The third-order valence-electron chi connectivity index (χ3n) is 4.25. The Kier molecular flexibility index (Phi) is 4.19. The molecule has 15 heavy (non-hydrogen) atoms. The molecule has 0 radical (unpaired) electrons. The maximum Gasteiger partial charge on any atom is 0.0575 e. The van der Waals surface area contributed by atoms with Crippen molar-refractivity contribution >= 4 is 0 Å². The van der Waals surface area contributed by atoms with Crippen LogP contribution in [0.1, 0.15) is 47.5 Å². The molecule has 0 bridgehead atoms. The van der Waals surface area contributed by atoms with Gasteiger partial charge in [-0.25, -0.2) is 0 Å². The van der Waals surface area contributed by atoms with Crippen molar-refractivity contribution in [3.63, 3.8) is 0 Å². The van der Waals surface area contributed by atoms with Gasteiger partial charge >= 0.3 is 0 Å². The summed E-state index contributed by atoms with van der Waals surface area (Å²) in [5.41, 5.74) is 0.00528. The highest BCUT2D eigenvalue weighted by molar-refractivity contribution is 4.85. The van der Waals surface area contributed by atoms with Gasteiger partial charge in [0.15, 0.2) is 0 Å². The smallest absolute Gasteiger partial charge is 0.0575 e. The number of likely N-dealkylation sites (tertiary alicyclic amines) is 1. The average molecular weight is 213 g/mol. The highest BCUT2D eigenvalue weighted by atomic mass is 16.3. The Bertz CT molecular complexity index is 201. The molecular formula is C13H27NO.